The molecule has 1 N–H and O–H groups in total. The summed E-state index contributed by atoms with van der Waals surface area (Å²) in [4.78, 5) is 13.2. The Morgan fingerprint density at radius 2 is 2.21 bits per heavy atom. The van der Waals surface area contributed by atoms with Gasteiger partial charge in [-0.15, -0.1) is 11.3 Å². The third-order valence-electron chi connectivity index (χ3n) is 2.88. The Kier molecular flexibility index (Phi) is 5.16. The molecule has 0 aliphatic rings. The smallest absolute Gasteiger partial charge is 0.224 e. The van der Waals surface area contributed by atoms with Crippen LogP contribution in [-0.2, 0) is 11.2 Å². The normalized spacial score (nSPS) is 10.4. The van der Waals surface area contributed by atoms with Crippen LogP contribution in [0.4, 0.5) is 5.69 Å². The average molecular weight is 338 g/mol. The standard InChI is InChI=1S/C15H16BrNOS/c1-11-7-8-12(16)10-14(11)17-15(18)6-2-4-13-5-3-9-19-13/h3,5,7-10H,2,4,6H2,1H3,(H,17,18). The van der Waals surface area contributed by atoms with Crippen LogP contribution < -0.4 is 5.32 Å². The molecule has 1 aromatic heterocycles. The molecular weight excluding hydrogens is 322 g/mol. The van der Waals surface area contributed by atoms with Crippen LogP contribution >= 0.6 is 27.3 Å². The Labute approximate surface area is 126 Å². The van der Waals surface area contributed by atoms with Crippen molar-refractivity contribution in [2.45, 2.75) is 26.2 Å². The van der Waals surface area contributed by atoms with Gasteiger partial charge < -0.3 is 5.32 Å². The molecule has 0 atom stereocenters. The summed E-state index contributed by atoms with van der Waals surface area (Å²) >= 11 is 5.16. The number of carbonyl (C=O) groups is 1. The summed E-state index contributed by atoms with van der Waals surface area (Å²) in [6.45, 7) is 1.99. The summed E-state index contributed by atoms with van der Waals surface area (Å²) in [5, 5.41) is 5.04. The summed E-state index contributed by atoms with van der Waals surface area (Å²) in [6.07, 6.45) is 2.42. The highest BCUT2D eigenvalue weighted by Crippen LogP contribution is 2.21. The van der Waals surface area contributed by atoms with E-state index in [1.807, 2.05) is 31.2 Å². The topological polar surface area (TPSA) is 29.1 Å². The second-order valence-corrected chi connectivity index (χ2v) is 6.39. The SMILES string of the molecule is Cc1ccc(Br)cc1NC(=O)CCCc1cccs1. The Morgan fingerprint density at radius 1 is 1.37 bits per heavy atom. The van der Waals surface area contributed by atoms with Crippen LogP contribution in [0.15, 0.2) is 40.2 Å². The number of thiophene rings is 1. The van der Waals surface area contributed by atoms with Crippen LogP contribution in [0, 0.1) is 6.92 Å². The minimum absolute atomic E-state index is 0.0813. The molecule has 0 saturated carbocycles. The first-order valence-electron chi connectivity index (χ1n) is 6.23. The van der Waals surface area contributed by atoms with Crippen LogP contribution in [-0.4, -0.2) is 5.91 Å². The number of rotatable bonds is 5. The number of anilines is 1. The van der Waals surface area contributed by atoms with Crippen LogP contribution in [0.5, 0.6) is 0 Å². The lowest BCUT2D eigenvalue weighted by molar-refractivity contribution is -0.116. The van der Waals surface area contributed by atoms with Gasteiger partial charge in [0.05, 0.1) is 0 Å². The van der Waals surface area contributed by atoms with E-state index >= 15 is 0 Å². The fourth-order valence-corrected chi connectivity index (χ4v) is 2.93. The van der Waals surface area contributed by atoms with Gasteiger partial charge in [-0.2, -0.15) is 0 Å². The molecule has 0 saturated heterocycles. The predicted octanol–water partition coefficient (Wildman–Crippen LogP) is 4.78. The van der Waals surface area contributed by atoms with E-state index in [2.05, 4.69) is 32.7 Å². The molecule has 0 spiro atoms. The van der Waals surface area contributed by atoms with E-state index in [0.717, 1.165) is 28.6 Å². The van der Waals surface area contributed by atoms with Crippen molar-refractivity contribution in [2.24, 2.45) is 0 Å². The first-order valence-corrected chi connectivity index (χ1v) is 7.91. The van der Waals surface area contributed by atoms with Crippen molar-refractivity contribution in [1.82, 2.24) is 0 Å². The number of carbonyl (C=O) groups excluding carboxylic acids is 1. The highest BCUT2D eigenvalue weighted by Gasteiger charge is 2.05. The minimum atomic E-state index is 0.0813. The molecule has 4 heteroatoms. The zero-order chi connectivity index (χ0) is 13.7. The van der Waals surface area contributed by atoms with Gasteiger partial charge in [0.15, 0.2) is 0 Å². The van der Waals surface area contributed by atoms with E-state index in [-0.39, 0.29) is 5.91 Å². The highest BCUT2D eigenvalue weighted by atomic mass is 79.9. The number of nitrogens with one attached hydrogen (secondary N) is 1. The third kappa shape index (κ3) is 4.48. The minimum Gasteiger partial charge on any atom is -0.326 e. The van der Waals surface area contributed by atoms with Crippen molar-refractivity contribution < 1.29 is 4.79 Å². The van der Waals surface area contributed by atoms with Gasteiger partial charge in [0, 0.05) is 21.5 Å². The molecule has 2 aromatic rings. The van der Waals surface area contributed by atoms with Gasteiger partial charge >= 0.3 is 0 Å². The van der Waals surface area contributed by atoms with Crippen molar-refractivity contribution >= 4 is 38.9 Å². The van der Waals surface area contributed by atoms with E-state index in [1.54, 1.807) is 11.3 Å². The van der Waals surface area contributed by atoms with Crippen molar-refractivity contribution in [3.05, 3.63) is 50.6 Å². The van der Waals surface area contributed by atoms with Crippen molar-refractivity contribution in [3.8, 4) is 0 Å². The summed E-state index contributed by atoms with van der Waals surface area (Å²) in [7, 11) is 0. The van der Waals surface area contributed by atoms with Crippen LogP contribution in [0.3, 0.4) is 0 Å². The second kappa shape index (κ2) is 6.87. The first-order chi connectivity index (χ1) is 9.15. The van der Waals surface area contributed by atoms with Gasteiger partial charge in [0.2, 0.25) is 5.91 Å². The monoisotopic (exact) mass is 337 g/mol. The van der Waals surface area contributed by atoms with Crippen molar-refractivity contribution in [1.29, 1.82) is 0 Å². The van der Waals surface area contributed by atoms with Gasteiger partial charge in [-0.3, -0.25) is 4.79 Å². The van der Waals surface area contributed by atoms with E-state index in [4.69, 9.17) is 0 Å². The number of amides is 1. The predicted molar refractivity (Wildman–Crippen MR) is 84.8 cm³/mol. The quantitative estimate of drug-likeness (QED) is 0.835. The molecular formula is C15H16BrNOS. The largest absolute Gasteiger partial charge is 0.326 e. The van der Waals surface area contributed by atoms with Gasteiger partial charge in [-0.25, -0.2) is 0 Å². The zero-order valence-electron chi connectivity index (χ0n) is 10.8. The van der Waals surface area contributed by atoms with Crippen LogP contribution in [0.2, 0.25) is 0 Å². The van der Waals surface area contributed by atoms with Crippen molar-refractivity contribution in [3.63, 3.8) is 0 Å². The number of benzene rings is 1. The van der Waals surface area contributed by atoms with Gasteiger partial charge in [0.25, 0.3) is 0 Å². The Hall–Kier alpha value is -1.13. The third-order valence-corrected chi connectivity index (χ3v) is 4.31. The lowest BCUT2D eigenvalue weighted by atomic mass is 10.1. The van der Waals surface area contributed by atoms with E-state index in [0.29, 0.717) is 6.42 Å². The maximum absolute atomic E-state index is 11.9. The molecule has 0 aliphatic carbocycles. The molecule has 0 radical (unpaired) electrons. The maximum Gasteiger partial charge on any atom is 0.224 e. The summed E-state index contributed by atoms with van der Waals surface area (Å²) in [5.74, 6) is 0.0813. The molecule has 19 heavy (non-hydrogen) atoms. The number of halogens is 1. The summed E-state index contributed by atoms with van der Waals surface area (Å²) in [6, 6.07) is 10.1. The number of hydrogen-bond acceptors (Lipinski definition) is 2. The summed E-state index contributed by atoms with van der Waals surface area (Å²) < 4.78 is 0.979. The fourth-order valence-electron chi connectivity index (χ4n) is 1.82. The maximum atomic E-state index is 11.9. The molecule has 0 aliphatic heterocycles. The molecule has 0 fully saturated rings. The van der Waals surface area contributed by atoms with E-state index < -0.39 is 0 Å². The van der Waals surface area contributed by atoms with E-state index in [1.165, 1.54) is 4.88 Å². The molecule has 2 nitrogen and oxygen atoms in total. The Bertz CT molecular complexity index is 551. The first kappa shape index (κ1) is 14.3. The summed E-state index contributed by atoms with van der Waals surface area (Å²) in [5.41, 5.74) is 1.96. The lowest BCUT2D eigenvalue weighted by Gasteiger charge is -2.08. The van der Waals surface area contributed by atoms with Crippen LogP contribution in [0.25, 0.3) is 0 Å². The molecule has 100 valence electrons. The number of hydrogen-bond donors (Lipinski definition) is 1. The van der Waals surface area contributed by atoms with E-state index in [9.17, 15) is 4.79 Å². The van der Waals surface area contributed by atoms with Gasteiger partial charge in [-0.05, 0) is 48.9 Å². The Morgan fingerprint density at radius 3 is 2.95 bits per heavy atom. The highest BCUT2D eigenvalue weighted by molar-refractivity contribution is 9.10. The molecule has 1 aromatic carbocycles. The molecule has 1 amide bonds. The second-order valence-electron chi connectivity index (χ2n) is 4.44. The zero-order valence-corrected chi connectivity index (χ0v) is 13.2. The average Bonchev–Trinajstić information content (AvgIpc) is 2.87. The van der Waals surface area contributed by atoms with Gasteiger partial charge in [0.1, 0.15) is 0 Å². The van der Waals surface area contributed by atoms with Crippen LogP contribution in [0.1, 0.15) is 23.3 Å². The van der Waals surface area contributed by atoms with Gasteiger partial charge in [-0.1, -0.05) is 28.1 Å². The fraction of sp³-hybridized carbons (Fsp3) is 0.267. The molecule has 1 heterocycles. The molecule has 0 bridgehead atoms. The Balaban J connectivity index is 1.82. The number of aryl methyl sites for hydroxylation is 2. The van der Waals surface area contributed by atoms with Crippen molar-refractivity contribution in [2.75, 3.05) is 5.32 Å². The molecule has 2 rings (SSSR count). The lowest BCUT2D eigenvalue weighted by Crippen LogP contribution is -2.12. The molecule has 0 unspecified atom stereocenters.